The molecule has 0 amide bonds. The smallest absolute Gasteiger partial charge is 0.252 e. The van der Waals surface area contributed by atoms with E-state index in [4.69, 9.17) is 8.83 Å². The molecule has 0 N–H and O–H groups in total. The van der Waals surface area contributed by atoms with Crippen LogP contribution >= 0.6 is 0 Å². The van der Waals surface area contributed by atoms with Crippen molar-refractivity contribution in [1.82, 2.24) is 9.13 Å². The van der Waals surface area contributed by atoms with E-state index >= 15 is 0 Å². The quantitative estimate of drug-likeness (QED) is 0.160. The first-order valence-corrected chi connectivity index (χ1v) is 25.6. The topological polar surface area (TPSA) is 87.0 Å². The lowest BCUT2D eigenvalue weighted by Crippen LogP contribution is -2.60. The van der Waals surface area contributed by atoms with Crippen molar-refractivity contribution in [1.29, 1.82) is 10.5 Å². The Bertz CT molecular complexity index is 4870. The third-order valence-electron chi connectivity index (χ3n) is 16.3. The maximum Gasteiger partial charge on any atom is 0.252 e. The first kappa shape index (κ1) is 41.0. The van der Waals surface area contributed by atoms with Crippen molar-refractivity contribution in [3.63, 3.8) is 0 Å². The summed E-state index contributed by atoms with van der Waals surface area (Å²) in [7, 11) is 0. The van der Waals surface area contributed by atoms with Crippen LogP contribution in [0.4, 0.5) is 17.1 Å². The van der Waals surface area contributed by atoms with Gasteiger partial charge in [0.05, 0.1) is 28.1 Å². The SMILES string of the molecule is N#Cc1c(N(c2cccc(-c3ccc4oc5ccccc5c4c3)c2)c2cccc(-c3ccc4oc5ccccc5c4c3)c2)c(C#N)c2c3c1-n1c4ccccc4c4cccc(c41)B3c1cccc3c4ccccc4n-2c13. The van der Waals surface area contributed by atoms with Crippen LogP contribution in [0.3, 0.4) is 0 Å². The monoisotopic (exact) mass is 965 g/mol. The van der Waals surface area contributed by atoms with Gasteiger partial charge in [-0.1, -0.05) is 146 Å². The van der Waals surface area contributed by atoms with Crippen molar-refractivity contribution in [3.05, 3.63) is 230 Å². The molecule has 348 valence electrons. The highest BCUT2D eigenvalue weighted by Gasteiger charge is 2.45. The molecule has 0 aliphatic carbocycles. The fraction of sp³-hybridized carbons (Fsp3) is 0. The van der Waals surface area contributed by atoms with Crippen LogP contribution in [0.2, 0.25) is 0 Å². The van der Waals surface area contributed by atoms with Crippen LogP contribution in [-0.2, 0) is 0 Å². The van der Waals surface area contributed by atoms with Gasteiger partial charge in [-0.25, -0.2) is 0 Å². The average molecular weight is 966 g/mol. The van der Waals surface area contributed by atoms with Gasteiger partial charge in [0.2, 0.25) is 0 Å². The summed E-state index contributed by atoms with van der Waals surface area (Å²) in [5, 5.41) is 33.2. The van der Waals surface area contributed by atoms with Gasteiger partial charge in [0, 0.05) is 65.5 Å². The number of furan rings is 2. The summed E-state index contributed by atoms with van der Waals surface area (Å²) in [6, 6.07) is 81.9. The zero-order valence-corrected chi connectivity index (χ0v) is 40.4. The van der Waals surface area contributed by atoms with E-state index in [-0.39, 0.29) is 6.71 Å². The Balaban J connectivity index is 1.01. The van der Waals surface area contributed by atoms with Crippen LogP contribution in [0.5, 0.6) is 0 Å². The molecule has 6 heterocycles. The maximum atomic E-state index is 12.3. The lowest BCUT2D eigenvalue weighted by atomic mass is 9.34. The van der Waals surface area contributed by atoms with E-state index < -0.39 is 0 Å². The van der Waals surface area contributed by atoms with Crippen molar-refractivity contribution in [2.24, 2.45) is 0 Å². The van der Waals surface area contributed by atoms with Gasteiger partial charge in [-0.2, -0.15) is 10.5 Å². The van der Waals surface area contributed by atoms with Gasteiger partial charge in [0.1, 0.15) is 45.6 Å². The fourth-order valence-corrected chi connectivity index (χ4v) is 13.3. The third kappa shape index (κ3) is 5.33. The van der Waals surface area contributed by atoms with Gasteiger partial charge in [0.15, 0.2) is 0 Å². The zero-order valence-electron chi connectivity index (χ0n) is 40.4. The van der Waals surface area contributed by atoms with Crippen LogP contribution in [0, 0.1) is 22.7 Å². The Morgan fingerprint density at radius 1 is 0.368 bits per heavy atom. The molecule has 0 spiro atoms. The number of nitriles is 2. The molecule has 0 bridgehead atoms. The van der Waals surface area contributed by atoms with Crippen molar-refractivity contribution < 1.29 is 8.83 Å². The predicted octanol–water partition coefficient (Wildman–Crippen LogP) is 15.4. The van der Waals surface area contributed by atoms with Crippen molar-refractivity contribution in [2.45, 2.75) is 0 Å². The molecular weight excluding hydrogens is 930 g/mol. The molecule has 7 nitrogen and oxygen atoms in total. The van der Waals surface area contributed by atoms with E-state index in [2.05, 4.69) is 196 Å². The number of anilines is 3. The van der Waals surface area contributed by atoms with Crippen molar-refractivity contribution >= 4 is 128 Å². The number of nitrogens with zero attached hydrogens (tertiary/aromatic N) is 5. The molecule has 15 aromatic rings. The number of para-hydroxylation sites is 6. The molecule has 0 saturated heterocycles. The second-order valence-corrected chi connectivity index (χ2v) is 20.1. The molecule has 0 saturated carbocycles. The largest absolute Gasteiger partial charge is 0.456 e. The summed E-state index contributed by atoms with van der Waals surface area (Å²) in [6.45, 7) is -0.276. The third-order valence-corrected chi connectivity index (χ3v) is 16.3. The van der Waals surface area contributed by atoms with Crippen LogP contribution in [0.1, 0.15) is 11.1 Å². The van der Waals surface area contributed by atoms with E-state index in [0.717, 1.165) is 149 Å². The number of benzene rings is 11. The molecular formula is C68H36BN5O2. The highest BCUT2D eigenvalue weighted by molar-refractivity contribution is 7.00. The van der Waals surface area contributed by atoms with E-state index in [9.17, 15) is 10.5 Å². The van der Waals surface area contributed by atoms with Crippen molar-refractivity contribution in [3.8, 4) is 45.8 Å². The van der Waals surface area contributed by atoms with E-state index in [1.165, 1.54) is 0 Å². The fourth-order valence-electron chi connectivity index (χ4n) is 13.3. The Kier molecular flexibility index (Phi) is 8.10. The highest BCUT2D eigenvalue weighted by Crippen LogP contribution is 2.49. The van der Waals surface area contributed by atoms with E-state index in [1.807, 2.05) is 48.5 Å². The Hall–Kier alpha value is -10.5. The standard InChI is InChI=1S/C68H36BN5O2/c70-37-53-64(54(38-71)68-63-67(53)73-57-25-5-1-17-45(57)49-21-11-23-55(65(49)73)69(63)56-24-12-22-50-46-18-2-6-26-58(46)74(68)66(50)56)72(43-15-9-13-39(33-43)41-29-31-61-51(35-41)47-19-3-7-27-59(47)75-61)44-16-10-14-40(34-44)42-30-32-62-52(36-42)48-20-4-8-28-60(48)76-62/h1-36H. The van der Waals surface area contributed by atoms with E-state index in [0.29, 0.717) is 16.8 Å². The minimum Gasteiger partial charge on any atom is -0.456 e. The predicted molar refractivity (Wildman–Crippen MR) is 309 cm³/mol. The summed E-state index contributed by atoms with van der Waals surface area (Å²) in [6.07, 6.45) is 0. The molecule has 0 unspecified atom stereocenters. The number of aromatic nitrogens is 2. The number of hydrogen-bond donors (Lipinski definition) is 0. The molecule has 0 radical (unpaired) electrons. The summed E-state index contributed by atoms with van der Waals surface area (Å²) in [5.41, 5.74) is 19.2. The lowest BCUT2D eigenvalue weighted by Gasteiger charge is -2.37. The van der Waals surface area contributed by atoms with Crippen LogP contribution in [0.25, 0.3) is 121 Å². The minimum atomic E-state index is -0.276. The Labute approximate surface area is 434 Å². The number of fused-ring (bicyclic) bond motifs is 16. The number of hydrogen-bond acceptors (Lipinski definition) is 5. The molecule has 2 aliphatic heterocycles. The molecule has 8 heteroatoms. The zero-order chi connectivity index (χ0) is 49.9. The van der Waals surface area contributed by atoms with Gasteiger partial charge < -0.3 is 22.9 Å². The normalized spacial score (nSPS) is 12.4. The second kappa shape index (κ2) is 15.0. The van der Waals surface area contributed by atoms with Gasteiger partial charge in [-0.15, -0.1) is 0 Å². The lowest BCUT2D eigenvalue weighted by molar-refractivity contribution is 0.668. The molecule has 0 atom stereocenters. The summed E-state index contributed by atoms with van der Waals surface area (Å²) in [5.74, 6) is 0. The van der Waals surface area contributed by atoms with Crippen LogP contribution in [0.15, 0.2) is 227 Å². The molecule has 76 heavy (non-hydrogen) atoms. The van der Waals surface area contributed by atoms with Gasteiger partial charge in [0.25, 0.3) is 6.71 Å². The number of rotatable bonds is 5. The van der Waals surface area contributed by atoms with Gasteiger partial charge >= 0.3 is 0 Å². The first-order valence-electron chi connectivity index (χ1n) is 25.6. The van der Waals surface area contributed by atoms with Gasteiger partial charge in [-0.3, -0.25) is 0 Å². The molecule has 2 aliphatic rings. The molecule has 4 aromatic heterocycles. The highest BCUT2D eigenvalue weighted by atomic mass is 16.3. The van der Waals surface area contributed by atoms with Crippen LogP contribution in [-0.4, -0.2) is 15.8 Å². The minimum absolute atomic E-state index is 0.276. The first-order chi connectivity index (χ1) is 37.6. The molecule has 11 aromatic carbocycles. The average Bonchev–Trinajstić information content (AvgIpc) is 4.39. The van der Waals surface area contributed by atoms with Gasteiger partial charge in [-0.05, 0) is 111 Å². The Morgan fingerprint density at radius 3 is 1.26 bits per heavy atom. The Morgan fingerprint density at radius 2 is 0.776 bits per heavy atom. The summed E-state index contributed by atoms with van der Waals surface area (Å²) >= 11 is 0. The second-order valence-electron chi connectivity index (χ2n) is 20.1. The summed E-state index contributed by atoms with van der Waals surface area (Å²) < 4.78 is 17.2. The molecule has 0 fully saturated rings. The van der Waals surface area contributed by atoms with E-state index in [1.54, 1.807) is 0 Å². The molecule has 17 rings (SSSR count). The maximum absolute atomic E-state index is 12.3. The summed E-state index contributed by atoms with van der Waals surface area (Å²) in [4.78, 5) is 2.17. The van der Waals surface area contributed by atoms with Crippen molar-refractivity contribution in [2.75, 3.05) is 4.90 Å². The van der Waals surface area contributed by atoms with Crippen LogP contribution < -0.4 is 21.3 Å².